The molecule has 7 heteroatoms. The lowest BCUT2D eigenvalue weighted by Gasteiger charge is -2.32. The average Bonchev–Trinajstić information content (AvgIpc) is 2.93. The van der Waals surface area contributed by atoms with Crippen LogP contribution in [-0.4, -0.2) is 33.4 Å². The van der Waals surface area contributed by atoms with Crippen LogP contribution in [0.25, 0.3) is 5.70 Å². The number of hydrogen-bond acceptors (Lipinski definition) is 5. The van der Waals surface area contributed by atoms with Gasteiger partial charge in [-0.15, -0.1) is 0 Å². The van der Waals surface area contributed by atoms with Gasteiger partial charge in [0.25, 0.3) is 5.91 Å². The Hall–Kier alpha value is -2.41. The topological polar surface area (TPSA) is 77.5 Å². The number of carbonyl (C=O) groups is 1. The van der Waals surface area contributed by atoms with E-state index in [9.17, 15) is 9.90 Å². The number of rotatable bonds is 2. The standard InChI is InChI=1S/C17H15ClN4O2/c18-11-6-4-10(5-7-11)13-9-14(23)22-16(20-13)15(17(24)21-22)12-3-1-2-8-19-12/h1-9,15-17,20-21,24H. The molecule has 2 aromatic rings. The molecule has 1 aromatic heterocycles. The molecule has 3 atom stereocenters. The molecule has 2 aliphatic rings. The lowest BCUT2D eigenvalue weighted by atomic mass is 9.98. The van der Waals surface area contributed by atoms with Crippen molar-refractivity contribution in [3.63, 3.8) is 0 Å². The van der Waals surface area contributed by atoms with Crippen molar-refractivity contribution >= 4 is 23.2 Å². The molecule has 0 radical (unpaired) electrons. The number of amides is 1. The maximum absolute atomic E-state index is 12.4. The van der Waals surface area contributed by atoms with Gasteiger partial charge in [0.2, 0.25) is 0 Å². The van der Waals surface area contributed by atoms with E-state index in [1.165, 1.54) is 11.1 Å². The summed E-state index contributed by atoms with van der Waals surface area (Å²) in [5, 5.41) is 15.7. The van der Waals surface area contributed by atoms with E-state index < -0.39 is 12.4 Å². The first-order chi connectivity index (χ1) is 11.6. The van der Waals surface area contributed by atoms with Gasteiger partial charge in [-0.3, -0.25) is 9.78 Å². The third-order valence-electron chi connectivity index (χ3n) is 4.22. The zero-order valence-electron chi connectivity index (χ0n) is 12.6. The number of aromatic nitrogens is 1. The third-order valence-corrected chi connectivity index (χ3v) is 4.47. The van der Waals surface area contributed by atoms with Crippen molar-refractivity contribution < 1.29 is 9.90 Å². The molecule has 1 saturated heterocycles. The van der Waals surface area contributed by atoms with E-state index in [1.807, 2.05) is 30.3 Å². The Bertz CT molecular complexity index is 794. The predicted molar refractivity (Wildman–Crippen MR) is 89.3 cm³/mol. The van der Waals surface area contributed by atoms with Gasteiger partial charge in [-0.25, -0.2) is 10.4 Å². The van der Waals surface area contributed by atoms with Gasteiger partial charge >= 0.3 is 0 Å². The Labute approximate surface area is 143 Å². The number of halogens is 1. The zero-order chi connectivity index (χ0) is 16.7. The lowest BCUT2D eigenvalue weighted by Crippen LogP contribution is -2.52. The third kappa shape index (κ3) is 2.54. The van der Waals surface area contributed by atoms with Crippen molar-refractivity contribution in [3.05, 3.63) is 71.0 Å². The van der Waals surface area contributed by atoms with E-state index in [2.05, 4.69) is 15.7 Å². The number of carbonyl (C=O) groups excluding carboxylic acids is 1. The van der Waals surface area contributed by atoms with Crippen LogP contribution in [0.15, 0.2) is 54.7 Å². The summed E-state index contributed by atoms with van der Waals surface area (Å²) in [4.78, 5) is 16.8. The van der Waals surface area contributed by atoms with Crippen molar-refractivity contribution in [2.24, 2.45) is 0 Å². The fraction of sp³-hybridized carbons (Fsp3) is 0.176. The molecule has 1 amide bonds. The molecule has 0 spiro atoms. The minimum Gasteiger partial charge on any atom is -0.376 e. The Kier molecular flexibility index (Phi) is 3.72. The Morgan fingerprint density at radius 1 is 1.17 bits per heavy atom. The van der Waals surface area contributed by atoms with Gasteiger partial charge in [0.15, 0.2) is 0 Å². The van der Waals surface area contributed by atoms with Crippen LogP contribution in [0.4, 0.5) is 0 Å². The normalized spacial score (nSPS) is 25.9. The molecule has 0 aliphatic carbocycles. The molecular weight excluding hydrogens is 328 g/mol. The molecule has 1 aromatic carbocycles. The first-order valence-corrected chi connectivity index (χ1v) is 7.94. The smallest absolute Gasteiger partial charge is 0.264 e. The van der Waals surface area contributed by atoms with E-state index >= 15 is 0 Å². The number of hydrogen-bond donors (Lipinski definition) is 3. The fourth-order valence-electron chi connectivity index (χ4n) is 3.08. The van der Waals surface area contributed by atoms with Crippen molar-refractivity contribution in [3.8, 4) is 0 Å². The second-order valence-electron chi connectivity index (χ2n) is 5.72. The molecule has 1 fully saturated rings. The van der Waals surface area contributed by atoms with E-state index in [0.29, 0.717) is 16.4 Å². The quantitative estimate of drug-likeness (QED) is 0.770. The van der Waals surface area contributed by atoms with Gasteiger partial charge in [0.05, 0.1) is 11.6 Å². The van der Waals surface area contributed by atoms with Gasteiger partial charge in [-0.1, -0.05) is 29.8 Å². The number of aliphatic hydroxyl groups excluding tert-OH is 1. The van der Waals surface area contributed by atoms with E-state index in [4.69, 9.17) is 11.6 Å². The number of aliphatic hydroxyl groups is 1. The maximum Gasteiger partial charge on any atom is 0.264 e. The van der Waals surface area contributed by atoms with Crippen LogP contribution in [0.2, 0.25) is 5.02 Å². The Morgan fingerprint density at radius 2 is 1.96 bits per heavy atom. The highest BCUT2D eigenvalue weighted by Crippen LogP contribution is 2.32. The fourth-order valence-corrected chi connectivity index (χ4v) is 3.20. The average molecular weight is 343 g/mol. The van der Waals surface area contributed by atoms with E-state index in [0.717, 1.165) is 5.56 Å². The Balaban J connectivity index is 1.68. The summed E-state index contributed by atoms with van der Waals surface area (Å²) in [5.41, 5.74) is 5.06. The summed E-state index contributed by atoms with van der Waals surface area (Å²) in [5.74, 6) is -0.604. The summed E-state index contributed by atoms with van der Waals surface area (Å²) in [7, 11) is 0. The lowest BCUT2D eigenvalue weighted by molar-refractivity contribution is -0.131. The SMILES string of the molecule is O=C1C=C(c2ccc(Cl)cc2)NC2C(c3ccccn3)C(O)NN12. The summed E-state index contributed by atoms with van der Waals surface area (Å²) in [6.07, 6.45) is 1.84. The van der Waals surface area contributed by atoms with Gasteiger partial charge < -0.3 is 10.4 Å². The number of fused-ring (bicyclic) bond motifs is 1. The molecule has 3 unspecified atom stereocenters. The first kappa shape index (κ1) is 15.1. The van der Waals surface area contributed by atoms with Crippen LogP contribution in [0.5, 0.6) is 0 Å². The van der Waals surface area contributed by atoms with Crippen LogP contribution in [0, 0.1) is 0 Å². The summed E-state index contributed by atoms with van der Waals surface area (Å²) < 4.78 is 0. The first-order valence-electron chi connectivity index (χ1n) is 7.56. The molecular formula is C17H15ClN4O2. The molecule has 3 heterocycles. The highest BCUT2D eigenvalue weighted by Gasteiger charge is 2.46. The monoisotopic (exact) mass is 342 g/mol. The molecule has 122 valence electrons. The van der Waals surface area contributed by atoms with Crippen molar-refractivity contribution in [1.82, 2.24) is 20.7 Å². The summed E-state index contributed by atoms with van der Waals surface area (Å²) >= 11 is 5.92. The van der Waals surface area contributed by atoms with Crippen LogP contribution in [0.1, 0.15) is 17.2 Å². The van der Waals surface area contributed by atoms with Crippen LogP contribution in [-0.2, 0) is 4.79 Å². The molecule has 3 N–H and O–H groups in total. The number of hydrazine groups is 1. The molecule has 0 saturated carbocycles. The number of nitrogens with one attached hydrogen (secondary N) is 2. The zero-order valence-corrected chi connectivity index (χ0v) is 13.3. The largest absolute Gasteiger partial charge is 0.376 e. The van der Waals surface area contributed by atoms with Gasteiger partial charge in [0, 0.05) is 23.0 Å². The van der Waals surface area contributed by atoms with E-state index in [-0.39, 0.29) is 11.8 Å². The predicted octanol–water partition coefficient (Wildman–Crippen LogP) is 1.45. The number of pyridine rings is 1. The van der Waals surface area contributed by atoms with E-state index in [1.54, 1.807) is 18.3 Å². The van der Waals surface area contributed by atoms with Crippen LogP contribution < -0.4 is 10.7 Å². The molecule has 6 nitrogen and oxygen atoms in total. The maximum atomic E-state index is 12.4. The molecule has 2 aliphatic heterocycles. The minimum atomic E-state index is -0.903. The van der Waals surface area contributed by atoms with Crippen LogP contribution >= 0.6 is 11.6 Å². The second-order valence-corrected chi connectivity index (χ2v) is 6.15. The van der Waals surface area contributed by atoms with Gasteiger partial charge in [0.1, 0.15) is 12.4 Å². The minimum absolute atomic E-state index is 0.221. The summed E-state index contributed by atoms with van der Waals surface area (Å²) in [6, 6.07) is 12.7. The van der Waals surface area contributed by atoms with Crippen molar-refractivity contribution in [1.29, 1.82) is 0 Å². The van der Waals surface area contributed by atoms with Crippen LogP contribution in [0.3, 0.4) is 0 Å². The Morgan fingerprint density at radius 3 is 2.67 bits per heavy atom. The van der Waals surface area contributed by atoms with Crippen molar-refractivity contribution in [2.45, 2.75) is 18.3 Å². The number of nitrogens with zero attached hydrogens (tertiary/aromatic N) is 2. The highest BCUT2D eigenvalue weighted by molar-refractivity contribution is 6.30. The van der Waals surface area contributed by atoms with Gasteiger partial charge in [-0.05, 0) is 29.8 Å². The van der Waals surface area contributed by atoms with Gasteiger partial charge in [-0.2, -0.15) is 0 Å². The van der Waals surface area contributed by atoms with Crippen molar-refractivity contribution in [2.75, 3.05) is 0 Å². The molecule has 24 heavy (non-hydrogen) atoms. The summed E-state index contributed by atoms with van der Waals surface area (Å²) in [6.45, 7) is 0. The number of benzene rings is 1. The molecule has 0 bridgehead atoms. The second kappa shape index (κ2) is 5.90. The molecule has 4 rings (SSSR count). The highest BCUT2D eigenvalue weighted by atomic mass is 35.5.